The Kier molecular flexibility index (Phi) is 7.13. The van der Waals surface area contributed by atoms with Crippen molar-refractivity contribution in [1.29, 1.82) is 0 Å². The van der Waals surface area contributed by atoms with Gasteiger partial charge in [0.05, 0.1) is 11.5 Å². The lowest BCUT2D eigenvalue weighted by atomic mass is 10.3. The topological polar surface area (TPSA) is 93.4 Å². The van der Waals surface area contributed by atoms with Crippen LogP contribution in [0.25, 0.3) is 0 Å². The van der Waals surface area contributed by atoms with Gasteiger partial charge in [0.1, 0.15) is 12.1 Å². The number of rotatable bonds is 10. The molecule has 0 fully saturated rings. The van der Waals surface area contributed by atoms with Crippen molar-refractivity contribution in [3.63, 3.8) is 0 Å². The maximum Gasteiger partial charge on any atom is 0.353 e. The molecule has 0 unspecified atom stereocenters. The fourth-order valence-corrected chi connectivity index (χ4v) is 2.49. The van der Waals surface area contributed by atoms with Crippen LogP contribution in [-0.4, -0.2) is 34.6 Å². The lowest BCUT2D eigenvalue weighted by molar-refractivity contribution is -0.383. The first-order chi connectivity index (χ1) is 12.6. The molecule has 0 aliphatic rings. The van der Waals surface area contributed by atoms with E-state index in [0.717, 1.165) is 18.6 Å². The van der Waals surface area contributed by atoms with E-state index in [9.17, 15) is 10.1 Å². The maximum atomic E-state index is 11.6. The van der Waals surface area contributed by atoms with E-state index in [0.29, 0.717) is 31.2 Å². The monoisotopic (exact) mass is 359 g/mol. The number of nitro groups is 1. The fourth-order valence-electron chi connectivity index (χ4n) is 2.49. The van der Waals surface area contributed by atoms with Crippen molar-refractivity contribution in [2.75, 3.05) is 29.9 Å². The number of hydrogen-bond acceptors (Lipinski definition) is 7. The van der Waals surface area contributed by atoms with Gasteiger partial charge in [0.25, 0.3) is 0 Å². The summed E-state index contributed by atoms with van der Waals surface area (Å²) in [6.07, 6.45) is 3.42. The van der Waals surface area contributed by atoms with Crippen molar-refractivity contribution in [2.24, 2.45) is 0 Å². The molecule has 0 aliphatic carbocycles. The number of nitrogens with one attached hydrogen (secondary N) is 1. The Morgan fingerprint density at radius 1 is 1.15 bits per heavy atom. The highest BCUT2D eigenvalue weighted by Crippen LogP contribution is 2.33. The Hall–Kier alpha value is -2.90. The molecule has 0 spiro atoms. The van der Waals surface area contributed by atoms with E-state index in [1.54, 1.807) is 0 Å². The molecule has 1 aromatic carbocycles. The molecule has 0 radical (unpaired) electrons. The first-order valence-electron chi connectivity index (χ1n) is 8.84. The van der Waals surface area contributed by atoms with E-state index < -0.39 is 4.92 Å². The molecule has 2 aromatic rings. The van der Waals surface area contributed by atoms with Crippen LogP contribution in [0, 0.1) is 10.1 Å². The lowest BCUT2D eigenvalue weighted by Gasteiger charge is -2.20. The summed E-state index contributed by atoms with van der Waals surface area (Å²) in [5.74, 6) is 1.26. The number of ether oxygens (including phenoxy) is 1. The third kappa shape index (κ3) is 4.81. The predicted molar refractivity (Wildman–Crippen MR) is 102 cm³/mol. The van der Waals surface area contributed by atoms with Crippen LogP contribution in [0.4, 0.5) is 23.0 Å². The third-order valence-corrected chi connectivity index (χ3v) is 3.93. The molecule has 8 nitrogen and oxygen atoms in total. The van der Waals surface area contributed by atoms with Crippen LogP contribution in [0.5, 0.6) is 5.75 Å². The molecule has 140 valence electrons. The van der Waals surface area contributed by atoms with E-state index in [2.05, 4.69) is 22.2 Å². The zero-order valence-corrected chi connectivity index (χ0v) is 15.4. The van der Waals surface area contributed by atoms with Gasteiger partial charge in [-0.1, -0.05) is 13.3 Å². The minimum absolute atomic E-state index is 0.125. The summed E-state index contributed by atoms with van der Waals surface area (Å²) in [6, 6.07) is 7.28. The summed E-state index contributed by atoms with van der Waals surface area (Å²) in [5.41, 5.74) is 0.569. The van der Waals surface area contributed by atoms with Crippen LogP contribution < -0.4 is 15.0 Å². The van der Waals surface area contributed by atoms with E-state index in [-0.39, 0.29) is 11.5 Å². The van der Waals surface area contributed by atoms with Crippen LogP contribution >= 0.6 is 0 Å². The van der Waals surface area contributed by atoms with Crippen LogP contribution in [0.1, 0.15) is 33.6 Å². The summed E-state index contributed by atoms with van der Waals surface area (Å²) < 4.78 is 5.62. The Bertz CT molecular complexity index is 717. The Labute approximate surface area is 153 Å². The fraction of sp³-hybridized carbons (Fsp3) is 0.444. The van der Waals surface area contributed by atoms with Gasteiger partial charge in [-0.2, -0.15) is 0 Å². The highest BCUT2D eigenvalue weighted by Gasteiger charge is 2.26. The van der Waals surface area contributed by atoms with Gasteiger partial charge in [-0.05, 0) is 44.5 Å². The molecule has 26 heavy (non-hydrogen) atoms. The molecular formula is C18H25N5O3. The van der Waals surface area contributed by atoms with E-state index in [1.165, 1.54) is 6.33 Å². The van der Waals surface area contributed by atoms with Gasteiger partial charge in [-0.25, -0.2) is 9.97 Å². The first kappa shape index (κ1) is 19.4. The molecule has 0 saturated carbocycles. The van der Waals surface area contributed by atoms with Crippen LogP contribution in [0.2, 0.25) is 0 Å². The molecule has 1 N–H and O–H groups in total. The largest absolute Gasteiger partial charge is 0.494 e. The smallest absolute Gasteiger partial charge is 0.353 e. The predicted octanol–water partition coefficient (Wildman–Crippen LogP) is 4.15. The summed E-state index contributed by atoms with van der Waals surface area (Å²) in [6.45, 7) is 7.89. The SMILES string of the molecule is CCCCOc1ccc(Nc2ncnc(N(CC)CC)c2[N+](=O)[O-])cc1. The maximum absolute atomic E-state index is 11.6. The van der Waals surface area contributed by atoms with Gasteiger partial charge in [0.2, 0.25) is 11.6 Å². The Balaban J connectivity index is 2.23. The molecule has 0 saturated heterocycles. The molecular weight excluding hydrogens is 334 g/mol. The van der Waals surface area contributed by atoms with Crippen molar-refractivity contribution in [2.45, 2.75) is 33.6 Å². The second kappa shape index (κ2) is 9.55. The van der Waals surface area contributed by atoms with E-state index in [4.69, 9.17) is 4.74 Å². The Morgan fingerprint density at radius 2 is 1.85 bits per heavy atom. The average molecular weight is 359 g/mol. The minimum atomic E-state index is -0.446. The van der Waals surface area contributed by atoms with Crippen molar-refractivity contribution in [3.05, 3.63) is 40.7 Å². The normalized spacial score (nSPS) is 10.4. The summed E-state index contributed by atoms with van der Waals surface area (Å²) in [5, 5.41) is 14.6. The van der Waals surface area contributed by atoms with Gasteiger partial charge in [0.15, 0.2) is 0 Å². The molecule has 2 rings (SSSR count). The van der Waals surface area contributed by atoms with Gasteiger partial charge in [0, 0.05) is 18.8 Å². The number of aromatic nitrogens is 2. The number of nitrogens with zero attached hydrogens (tertiary/aromatic N) is 4. The summed E-state index contributed by atoms with van der Waals surface area (Å²) in [4.78, 5) is 21.2. The van der Waals surface area contributed by atoms with Crippen LogP contribution in [0.15, 0.2) is 30.6 Å². The first-order valence-corrected chi connectivity index (χ1v) is 8.84. The van der Waals surface area contributed by atoms with E-state index in [1.807, 2.05) is 43.0 Å². The second-order valence-corrected chi connectivity index (χ2v) is 5.68. The summed E-state index contributed by atoms with van der Waals surface area (Å²) in [7, 11) is 0. The number of benzene rings is 1. The van der Waals surface area contributed by atoms with Crippen LogP contribution in [-0.2, 0) is 0 Å². The minimum Gasteiger partial charge on any atom is -0.494 e. The standard InChI is InChI=1S/C18H25N5O3/c1-4-7-12-26-15-10-8-14(9-11-15)21-17-16(23(24)25)18(20-13-19-17)22(5-2)6-3/h8-11,13H,4-7,12H2,1-3H3,(H,19,20,21). The highest BCUT2D eigenvalue weighted by molar-refractivity contribution is 5.74. The van der Waals surface area contributed by atoms with Crippen molar-refractivity contribution < 1.29 is 9.66 Å². The molecule has 1 aromatic heterocycles. The van der Waals surface area contributed by atoms with Gasteiger partial charge in [-0.3, -0.25) is 10.1 Å². The molecule has 0 amide bonds. The molecule has 0 bridgehead atoms. The molecule has 0 atom stereocenters. The summed E-state index contributed by atoms with van der Waals surface area (Å²) >= 11 is 0. The van der Waals surface area contributed by atoms with E-state index >= 15 is 0 Å². The van der Waals surface area contributed by atoms with Gasteiger partial charge < -0.3 is 15.0 Å². The second-order valence-electron chi connectivity index (χ2n) is 5.68. The van der Waals surface area contributed by atoms with Crippen LogP contribution in [0.3, 0.4) is 0 Å². The molecule has 8 heteroatoms. The van der Waals surface area contributed by atoms with Crippen molar-refractivity contribution in [1.82, 2.24) is 9.97 Å². The number of hydrogen-bond donors (Lipinski definition) is 1. The van der Waals surface area contributed by atoms with Gasteiger partial charge in [-0.15, -0.1) is 0 Å². The average Bonchev–Trinajstić information content (AvgIpc) is 2.64. The van der Waals surface area contributed by atoms with Crippen molar-refractivity contribution >= 4 is 23.0 Å². The Morgan fingerprint density at radius 3 is 2.42 bits per heavy atom. The highest BCUT2D eigenvalue weighted by atomic mass is 16.6. The zero-order valence-electron chi connectivity index (χ0n) is 15.4. The molecule has 0 aliphatic heterocycles. The van der Waals surface area contributed by atoms with Gasteiger partial charge >= 0.3 is 5.69 Å². The number of anilines is 3. The number of unbranched alkanes of at least 4 members (excludes halogenated alkanes) is 1. The lowest BCUT2D eigenvalue weighted by Crippen LogP contribution is -2.24. The zero-order chi connectivity index (χ0) is 18.9. The third-order valence-electron chi connectivity index (χ3n) is 3.93. The molecule has 1 heterocycles. The van der Waals surface area contributed by atoms with Crippen molar-refractivity contribution in [3.8, 4) is 5.75 Å². The quantitative estimate of drug-likeness (QED) is 0.387.